The van der Waals surface area contributed by atoms with Crippen LogP contribution in [0.3, 0.4) is 0 Å². The normalized spacial score (nSPS) is 12.6. The van der Waals surface area contributed by atoms with E-state index in [0.29, 0.717) is 18.1 Å². The third-order valence-electron chi connectivity index (χ3n) is 4.48. The van der Waals surface area contributed by atoms with Crippen molar-refractivity contribution < 1.29 is 19.0 Å². The smallest absolute Gasteiger partial charge is 0.231 e. The van der Waals surface area contributed by atoms with Crippen LogP contribution in [-0.2, 0) is 18.4 Å². The minimum absolute atomic E-state index is 0.0170. The molecule has 1 aliphatic rings. The summed E-state index contributed by atoms with van der Waals surface area (Å²) < 4.78 is 18.5. The lowest BCUT2D eigenvalue weighted by atomic mass is 10.2. The van der Waals surface area contributed by atoms with Crippen molar-refractivity contribution in [1.82, 2.24) is 9.55 Å². The molecule has 4 rings (SSSR count). The Kier molecular flexibility index (Phi) is 4.35. The predicted octanol–water partition coefficient (Wildman–Crippen LogP) is 3.48. The molecule has 2 aromatic carbocycles. The highest BCUT2D eigenvalue weighted by molar-refractivity contribution is 5.94. The Morgan fingerprint density at radius 1 is 1.22 bits per heavy atom. The molecule has 1 aromatic heterocycles. The molecular formula is C20H21N3O4. The molecule has 1 N–H and O–H groups in total. The third-order valence-corrected chi connectivity index (χ3v) is 4.48. The molecule has 27 heavy (non-hydrogen) atoms. The molecule has 0 unspecified atom stereocenters. The summed E-state index contributed by atoms with van der Waals surface area (Å²) in [6, 6.07) is 11.2. The number of anilines is 1. The molecule has 0 aliphatic carbocycles. The summed E-state index contributed by atoms with van der Waals surface area (Å²) >= 11 is 0. The third kappa shape index (κ3) is 3.40. The number of fused-ring (bicyclic) bond motifs is 2. The second-order valence-electron chi connectivity index (χ2n) is 6.74. The molecule has 0 saturated carbocycles. The maximum Gasteiger partial charge on any atom is 0.231 e. The van der Waals surface area contributed by atoms with Gasteiger partial charge in [-0.25, -0.2) is 4.98 Å². The van der Waals surface area contributed by atoms with Gasteiger partial charge in [0.15, 0.2) is 11.5 Å². The highest BCUT2D eigenvalue weighted by atomic mass is 16.7. The number of aromatic nitrogens is 2. The summed E-state index contributed by atoms with van der Waals surface area (Å²) in [6.45, 7) is 4.28. The first-order valence-electron chi connectivity index (χ1n) is 8.80. The average molecular weight is 367 g/mol. The van der Waals surface area contributed by atoms with Gasteiger partial charge in [-0.3, -0.25) is 4.79 Å². The number of imidazole rings is 1. The van der Waals surface area contributed by atoms with Gasteiger partial charge in [-0.2, -0.15) is 0 Å². The van der Waals surface area contributed by atoms with Gasteiger partial charge in [0.2, 0.25) is 12.7 Å². The molecule has 0 radical (unpaired) electrons. The van der Waals surface area contributed by atoms with E-state index in [1.807, 2.05) is 61.9 Å². The largest absolute Gasteiger partial charge is 0.486 e. The number of amides is 1. The summed E-state index contributed by atoms with van der Waals surface area (Å²) in [6.07, 6.45) is 0. The summed E-state index contributed by atoms with van der Waals surface area (Å²) in [7, 11) is 1.94. The number of benzene rings is 2. The van der Waals surface area contributed by atoms with Crippen LogP contribution < -0.4 is 19.5 Å². The first kappa shape index (κ1) is 17.2. The number of nitrogens with zero attached hydrogens (tertiary/aromatic N) is 2. The van der Waals surface area contributed by atoms with Crippen molar-refractivity contribution in [2.45, 2.75) is 20.5 Å². The quantitative estimate of drug-likeness (QED) is 0.747. The number of ether oxygens (including phenoxy) is 3. The van der Waals surface area contributed by atoms with Gasteiger partial charge in [-0.1, -0.05) is 13.8 Å². The lowest BCUT2D eigenvalue weighted by Crippen LogP contribution is -2.17. The van der Waals surface area contributed by atoms with Crippen LogP contribution in [0.5, 0.6) is 17.2 Å². The lowest BCUT2D eigenvalue weighted by Gasteiger charge is -2.08. The summed E-state index contributed by atoms with van der Waals surface area (Å²) in [4.78, 5) is 16.5. The van der Waals surface area contributed by atoms with Crippen LogP contribution in [-0.4, -0.2) is 22.3 Å². The number of nitrogens with one attached hydrogen (secondary N) is 1. The fraction of sp³-hybridized carbons (Fsp3) is 0.300. The molecule has 0 saturated heterocycles. The van der Waals surface area contributed by atoms with E-state index in [1.165, 1.54) is 0 Å². The van der Waals surface area contributed by atoms with E-state index in [0.717, 1.165) is 28.3 Å². The average Bonchev–Trinajstić information content (AvgIpc) is 3.23. The Labute approximate surface area is 156 Å². The zero-order valence-corrected chi connectivity index (χ0v) is 15.5. The van der Waals surface area contributed by atoms with Crippen molar-refractivity contribution in [3.63, 3.8) is 0 Å². The van der Waals surface area contributed by atoms with Gasteiger partial charge in [0.1, 0.15) is 18.2 Å². The summed E-state index contributed by atoms with van der Waals surface area (Å²) in [5.41, 5.74) is 2.52. The number of rotatable bonds is 5. The van der Waals surface area contributed by atoms with Gasteiger partial charge >= 0.3 is 0 Å². The van der Waals surface area contributed by atoms with Crippen LogP contribution in [0.25, 0.3) is 11.0 Å². The van der Waals surface area contributed by atoms with Crippen molar-refractivity contribution in [3.8, 4) is 17.2 Å². The molecule has 2 heterocycles. The van der Waals surface area contributed by atoms with E-state index >= 15 is 0 Å². The Balaban J connectivity index is 1.52. The van der Waals surface area contributed by atoms with Crippen LogP contribution in [0.2, 0.25) is 0 Å². The van der Waals surface area contributed by atoms with Crippen molar-refractivity contribution in [3.05, 3.63) is 42.2 Å². The maximum absolute atomic E-state index is 11.9. The van der Waals surface area contributed by atoms with Crippen molar-refractivity contribution >= 4 is 22.6 Å². The van der Waals surface area contributed by atoms with Crippen LogP contribution >= 0.6 is 0 Å². The molecule has 0 fully saturated rings. The van der Waals surface area contributed by atoms with Gasteiger partial charge in [-0.05, 0) is 30.3 Å². The Hall–Kier alpha value is -3.22. The van der Waals surface area contributed by atoms with Gasteiger partial charge in [0.05, 0.1) is 11.0 Å². The standard InChI is InChI=1S/C20H21N3O4/c1-12(2)20(24)21-13-4-6-16-15(8-13)22-19(23(16)3)10-25-14-5-7-17-18(9-14)27-11-26-17/h4-9,12H,10-11H2,1-3H3,(H,21,24). The van der Waals surface area contributed by atoms with Gasteiger partial charge in [0.25, 0.3) is 0 Å². The van der Waals surface area contributed by atoms with E-state index in [-0.39, 0.29) is 18.6 Å². The van der Waals surface area contributed by atoms with Crippen LogP contribution in [0.4, 0.5) is 5.69 Å². The van der Waals surface area contributed by atoms with E-state index in [4.69, 9.17) is 14.2 Å². The molecule has 0 bridgehead atoms. The van der Waals surface area contributed by atoms with E-state index < -0.39 is 0 Å². The first-order valence-corrected chi connectivity index (χ1v) is 8.80. The highest BCUT2D eigenvalue weighted by Crippen LogP contribution is 2.35. The molecule has 7 nitrogen and oxygen atoms in total. The fourth-order valence-electron chi connectivity index (χ4n) is 2.86. The first-order chi connectivity index (χ1) is 13.0. The maximum atomic E-state index is 11.9. The van der Waals surface area contributed by atoms with E-state index in [2.05, 4.69) is 10.3 Å². The van der Waals surface area contributed by atoms with Crippen molar-refractivity contribution in [1.29, 1.82) is 0 Å². The summed E-state index contributed by atoms with van der Waals surface area (Å²) in [5, 5.41) is 2.90. The van der Waals surface area contributed by atoms with Gasteiger partial charge in [0, 0.05) is 24.7 Å². The number of carbonyl (C=O) groups excluding carboxylic acids is 1. The monoisotopic (exact) mass is 367 g/mol. The zero-order valence-electron chi connectivity index (χ0n) is 15.5. The Morgan fingerprint density at radius 3 is 2.85 bits per heavy atom. The zero-order chi connectivity index (χ0) is 19.0. The molecule has 7 heteroatoms. The molecule has 3 aromatic rings. The minimum Gasteiger partial charge on any atom is -0.486 e. The molecule has 1 aliphatic heterocycles. The minimum atomic E-state index is -0.0740. The Bertz CT molecular complexity index is 1010. The lowest BCUT2D eigenvalue weighted by molar-refractivity contribution is -0.118. The summed E-state index contributed by atoms with van der Waals surface area (Å²) in [5.74, 6) is 2.79. The second-order valence-corrected chi connectivity index (χ2v) is 6.74. The molecular weight excluding hydrogens is 346 g/mol. The predicted molar refractivity (Wildman–Crippen MR) is 101 cm³/mol. The molecule has 0 atom stereocenters. The fourth-order valence-corrected chi connectivity index (χ4v) is 2.86. The van der Waals surface area contributed by atoms with Crippen LogP contribution in [0, 0.1) is 5.92 Å². The highest BCUT2D eigenvalue weighted by Gasteiger charge is 2.15. The molecule has 140 valence electrons. The Morgan fingerprint density at radius 2 is 2.04 bits per heavy atom. The molecule has 0 spiro atoms. The van der Waals surface area contributed by atoms with E-state index in [1.54, 1.807) is 0 Å². The van der Waals surface area contributed by atoms with E-state index in [9.17, 15) is 4.79 Å². The SMILES string of the molecule is CC(C)C(=O)Nc1ccc2c(c1)nc(COc1ccc3c(c1)OCO3)n2C. The molecule has 1 amide bonds. The van der Waals surface area contributed by atoms with Crippen molar-refractivity contribution in [2.24, 2.45) is 13.0 Å². The van der Waals surface area contributed by atoms with Gasteiger partial charge < -0.3 is 24.1 Å². The number of hydrogen-bond acceptors (Lipinski definition) is 5. The number of hydrogen-bond donors (Lipinski definition) is 1. The van der Waals surface area contributed by atoms with Crippen molar-refractivity contribution in [2.75, 3.05) is 12.1 Å². The second kappa shape index (κ2) is 6.83. The van der Waals surface area contributed by atoms with Crippen LogP contribution in [0.15, 0.2) is 36.4 Å². The number of carbonyl (C=O) groups is 1. The van der Waals surface area contributed by atoms with Crippen LogP contribution in [0.1, 0.15) is 19.7 Å². The topological polar surface area (TPSA) is 74.6 Å². The number of aryl methyl sites for hydroxylation is 1. The van der Waals surface area contributed by atoms with Gasteiger partial charge in [-0.15, -0.1) is 0 Å².